The summed E-state index contributed by atoms with van der Waals surface area (Å²) in [6.45, 7) is 1.90. The molecule has 6 heteroatoms. The van der Waals surface area contributed by atoms with Crippen molar-refractivity contribution in [3.05, 3.63) is 102 Å². The van der Waals surface area contributed by atoms with Crippen molar-refractivity contribution < 1.29 is 4.79 Å². The maximum Gasteiger partial charge on any atom is 0.252 e. The standard InChI is InChI=1S/C26H19N5O/c1-15-13-27-11-9-16(15)26(32)31-24-18-6-3-2-5-17(18)23-19(24)7-4-8-20(23)25-29-21-10-12-28-14-22(21)30-25/h2-14,24H,1H3,(H,29,30)(H,31,32)/t24-/m1/s1. The van der Waals surface area contributed by atoms with E-state index in [0.717, 1.165) is 50.2 Å². The van der Waals surface area contributed by atoms with E-state index in [1.807, 2.05) is 31.2 Å². The van der Waals surface area contributed by atoms with Gasteiger partial charge in [-0.05, 0) is 46.9 Å². The number of hydrogen-bond donors (Lipinski definition) is 2. The van der Waals surface area contributed by atoms with Gasteiger partial charge in [0.05, 0.1) is 23.3 Å². The van der Waals surface area contributed by atoms with Crippen LogP contribution < -0.4 is 5.32 Å². The highest BCUT2D eigenvalue weighted by molar-refractivity contribution is 5.98. The minimum Gasteiger partial charge on any atom is -0.341 e. The lowest BCUT2D eigenvalue weighted by Gasteiger charge is -2.17. The SMILES string of the molecule is Cc1cnccc1C(=O)N[C@@H]1c2ccccc2-c2c(-c3nc4ccncc4[nH]3)cccc21. The molecule has 1 aliphatic carbocycles. The molecule has 0 saturated heterocycles. The van der Waals surface area contributed by atoms with Crippen molar-refractivity contribution >= 4 is 16.9 Å². The van der Waals surface area contributed by atoms with E-state index >= 15 is 0 Å². The molecule has 0 spiro atoms. The van der Waals surface area contributed by atoms with Gasteiger partial charge in [-0.3, -0.25) is 14.8 Å². The van der Waals surface area contributed by atoms with Crippen molar-refractivity contribution in [1.29, 1.82) is 0 Å². The largest absolute Gasteiger partial charge is 0.341 e. The number of imidazole rings is 1. The summed E-state index contributed by atoms with van der Waals surface area (Å²) in [5.41, 5.74) is 8.58. The molecule has 1 aliphatic rings. The fraction of sp³-hybridized carbons (Fsp3) is 0.0769. The molecule has 2 N–H and O–H groups in total. The van der Waals surface area contributed by atoms with Crippen LogP contribution in [0.1, 0.15) is 33.1 Å². The van der Waals surface area contributed by atoms with Gasteiger partial charge in [0.15, 0.2) is 0 Å². The van der Waals surface area contributed by atoms with Crippen LogP contribution in [0, 0.1) is 6.92 Å². The van der Waals surface area contributed by atoms with Crippen LogP contribution >= 0.6 is 0 Å². The molecule has 6 nitrogen and oxygen atoms in total. The van der Waals surface area contributed by atoms with Crippen molar-refractivity contribution in [3.63, 3.8) is 0 Å². The van der Waals surface area contributed by atoms with Crippen molar-refractivity contribution in [3.8, 4) is 22.5 Å². The Morgan fingerprint density at radius 2 is 1.69 bits per heavy atom. The molecule has 0 unspecified atom stereocenters. The van der Waals surface area contributed by atoms with Crippen molar-refractivity contribution in [2.75, 3.05) is 0 Å². The average Bonchev–Trinajstić information content (AvgIpc) is 3.39. The summed E-state index contributed by atoms with van der Waals surface area (Å²) < 4.78 is 0. The second-order valence-electron chi connectivity index (χ2n) is 7.93. The molecule has 5 aromatic rings. The summed E-state index contributed by atoms with van der Waals surface area (Å²) in [6.07, 6.45) is 6.88. The van der Waals surface area contributed by atoms with Gasteiger partial charge < -0.3 is 10.3 Å². The predicted octanol–water partition coefficient (Wildman–Crippen LogP) is 4.83. The van der Waals surface area contributed by atoms with E-state index in [2.05, 4.69) is 44.5 Å². The first-order chi connectivity index (χ1) is 15.7. The van der Waals surface area contributed by atoms with Crippen LogP contribution in [0.15, 0.2) is 79.4 Å². The van der Waals surface area contributed by atoms with Gasteiger partial charge in [0.25, 0.3) is 5.91 Å². The average molecular weight is 417 g/mol. The molecule has 3 aromatic heterocycles. The number of H-pyrrole nitrogens is 1. The Labute approximate surface area is 184 Å². The molecule has 32 heavy (non-hydrogen) atoms. The lowest BCUT2D eigenvalue weighted by Crippen LogP contribution is -2.28. The Morgan fingerprint density at radius 3 is 2.56 bits per heavy atom. The number of carbonyl (C=O) groups is 1. The van der Waals surface area contributed by atoms with Crippen molar-refractivity contribution in [2.24, 2.45) is 0 Å². The van der Waals surface area contributed by atoms with E-state index in [-0.39, 0.29) is 11.9 Å². The van der Waals surface area contributed by atoms with Gasteiger partial charge >= 0.3 is 0 Å². The number of hydrogen-bond acceptors (Lipinski definition) is 4. The third-order valence-electron chi connectivity index (χ3n) is 6.03. The summed E-state index contributed by atoms with van der Waals surface area (Å²) in [5.74, 6) is 0.675. The van der Waals surface area contributed by atoms with Crippen molar-refractivity contribution in [1.82, 2.24) is 25.3 Å². The van der Waals surface area contributed by atoms with Crippen LogP contribution in [-0.2, 0) is 0 Å². The first-order valence-corrected chi connectivity index (χ1v) is 10.4. The van der Waals surface area contributed by atoms with E-state index in [9.17, 15) is 4.79 Å². The predicted molar refractivity (Wildman–Crippen MR) is 123 cm³/mol. The van der Waals surface area contributed by atoms with Gasteiger partial charge in [0.1, 0.15) is 5.82 Å². The Morgan fingerprint density at radius 1 is 0.906 bits per heavy atom. The molecule has 1 atom stereocenters. The van der Waals surface area contributed by atoms with Crippen LogP contribution in [0.5, 0.6) is 0 Å². The number of benzene rings is 2. The summed E-state index contributed by atoms with van der Waals surface area (Å²) in [5, 5.41) is 3.25. The highest BCUT2D eigenvalue weighted by atomic mass is 16.1. The summed E-state index contributed by atoms with van der Waals surface area (Å²) in [6, 6.07) is 17.8. The van der Waals surface area contributed by atoms with Gasteiger partial charge in [-0.1, -0.05) is 42.5 Å². The number of fused-ring (bicyclic) bond motifs is 4. The maximum atomic E-state index is 13.1. The first-order valence-electron chi connectivity index (χ1n) is 10.4. The highest BCUT2D eigenvalue weighted by Gasteiger charge is 2.32. The van der Waals surface area contributed by atoms with E-state index in [0.29, 0.717) is 5.56 Å². The maximum absolute atomic E-state index is 13.1. The molecule has 154 valence electrons. The third-order valence-corrected chi connectivity index (χ3v) is 6.03. The number of rotatable bonds is 3. The topological polar surface area (TPSA) is 83.6 Å². The Hall–Kier alpha value is -4.32. The smallest absolute Gasteiger partial charge is 0.252 e. The van der Waals surface area contributed by atoms with Crippen LogP contribution in [-0.4, -0.2) is 25.8 Å². The fourth-order valence-corrected chi connectivity index (χ4v) is 4.53. The molecule has 6 rings (SSSR count). The zero-order chi connectivity index (χ0) is 21.7. The minimum absolute atomic E-state index is 0.113. The Balaban J connectivity index is 1.49. The van der Waals surface area contributed by atoms with Gasteiger partial charge in [0.2, 0.25) is 0 Å². The fourth-order valence-electron chi connectivity index (χ4n) is 4.53. The van der Waals surface area contributed by atoms with Crippen LogP contribution in [0.2, 0.25) is 0 Å². The molecular formula is C26H19N5O. The molecule has 1 amide bonds. The summed E-state index contributed by atoms with van der Waals surface area (Å²) in [7, 11) is 0. The normalized spacial score (nSPS) is 14.2. The number of amides is 1. The van der Waals surface area contributed by atoms with E-state index in [4.69, 9.17) is 4.98 Å². The molecule has 0 saturated carbocycles. The van der Waals surface area contributed by atoms with Gasteiger partial charge in [-0.2, -0.15) is 0 Å². The monoisotopic (exact) mass is 417 g/mol. The number of aromatic nitrogens is 4. The van der Waals surface area contributed by atoms with Crippen LogP contribution in [0.3, 0.4) is 0 Å². The molecule has 0 bridgehead atoms. The Bertz CT molecular complexity index is 1470. The second kappa shape index (κ2) is 7.13. The first kappa shape index (κ1) is 18.4. The number of aryl methyl sites for hydroxylation is 1. The second-order valence-corrected chi connectivity index (χ2v) is 7.93. The zero-order valence-corrected chi connectivity index (χ0v) is 17.3. The number of carbonyl (C=O) groups excluding carboxylic acids is 1. The van der Waals surface area contributed by atoms with Gasteiger partial charge in [-0.15, -0.1) is 0 Å². The van der Waals surface area contributed by atoms with E-state index < -0.39 is 0 Å². The summed E-state index contributed by atoms with van der Waals surface area (Å²) in [4.78, 5) is 29.6. The molecule has 0 fully saturated rings. The molecular weight excluding hydrogens is 398 g/mol. The molecule has 0 radical (unpaired) electrons. The van der Waals surface area contributed by atoms with Gasteiger partial charge in [-0.25, -0.2) is 4.98 Å². The summed E-state index contributed by atoms with van der Waals surface area (Å²) >= 11 is 0. The quantitative estimate of drug-likeness (QED) is 0.440. The van der Waals surface area contributed by atoms with E-state index in [1.54, 1.807) is 30.9 Å². The van der Waals surface area contributed by atoms with Crippen LogP contribution in [0.25, 0.3) is 33.5 Å². The zero-order valence-electron chi connectivity index (χ0n) is 17.3. The lowest BCUT2D eigenvalue weighted by atomic mass is 9.98. The molecule has 0 aliphatic heterocycles. The number of nitrogens with one attached hydrogen (secondary N) is 2. The van der Waals surface area contributed by atoms with Gasteiger partial charge in [0, 0.05) is 29.7 Å². The molecule has 3 heterocycles. The lowest BCUT2D eigenvalue weighted by molar-refractivity contribution is 0.0943. The third kappa shape index (κ3) is 2.80. The number of nitrogens with zero attached hydrogens (tertiary/aromatic N) is 3. The Kier molecular flexibility index (Phi) is 4.11. The number of aromatic amines is 1. The highest BCUT2D eigenvalue weighted by Crippen LogP contribution is 2.47. The van der Waals surface area contributed by atoms with E-state index in [1.165, 1.54) is 0 Å². The molecule has 2 aromatic carbocycles. The van der Waals surface area contributed by atoms with Crippen molar-refractivity contribution in [2.45, 2.75) is 13.0 Å². The van der Waals surface area contributed by atoms with Crippen LogP contribution in [0.4, 0.5) is 0 Å². The minimum atomic E-state index is -0.243. The number of pyridine rings is 2.